The molecule has 0 radical (unpaired) electrons. The van der Waals surface area contributed by atoms with Crippen molar-refractivity contribution in [2.75, 3.05) is 6.54 Å². The van der Waals surface area contributed by atoms with E-state index < -0.39 is 0 Å². The Morgan fingerprint density at radius 3 is 1.95 bits per heavy atom. The summed E-state index contributed by atoms with van der Waals surface area (Å²) in [6, 6.07) is 0. The Kier molecular flexibility index (Phi) is 8.70. The van der Waals surface area contributed by atoms with Crippen molar-refractivity contribution in [3.63, 3.8) is 0 Å². The van der Waals surface area contributed by atoms with Crippen LogP contribution in [0.2, 0.25) is 0 Å². The Bertz CT molecular complexity index is 282. The highest BCUT2D eigenvalue weighted by Gasteiger charge is 2.22. The minimum absolute atomic E-state index is 0.0322. The highest BCUT2D eigenvalue weighted by Crippen LogP contribution is 2.21. The summed E-state index contributed by atoms with van der Waals surface area (Å²) in [5.41, 5.74) is 0. The van der Waals surface area contributed by atoms with Gasteiger partial charge >= 0.3 is 0 Å². The zero-order valence-corrected chi connectivity index (χ0v) is 13.5. The number of ketones is 1. The molecule has 3 heteroatoms. The first-order chi connectivity index (χ1) is 8.73. The molecule has 0 heterocycles. The van der Waals surface area contributed by atoms with Crippen molar-refractivity contribution in [1.82, 2.24) is 5.32 Å². The molecule has 1 atom stereocenters. The first kappa shape index (κ1) is 18.1. The maximum atomic E-state index is 12.1. The lowest BCUT2D eigenvalue weighted by Crippen LogP contribution is -2.29. The van der Waals surface area contributed by atoms with Crippen molar-refractivity contribution in [2.45, 2.75) is 60.8 Å². The number of carbonyl (C=O) groups is 2. The van der Waals surface area contributed by atoms with Gasteiger partial charge in [-0.2, -0.15) is 0 Å². The third-order valence-corrected chi connectivity index (χ3v) is 3.15. The summed E-state index contributed by atoms with van der Waals surface area (Å²) in [4.78, 5) is 23.8. The van der Waals surface area contributed by atoms with E-state index in [1.54, 1.807) is 0 Å². The third kappa shape index (κ3) is 8.79. The van der Waals surface area contributed by atoms with Crippen LogP contribution in [0.1, 0.15) is 60.8 Å². The van der Waals surface area contributed by atoms with Crippen LogP contribution in [-0.4, -0.2) is 18.2 Å². The largest absolute Gasteiger partial charge is 0.356 e. The van der Waals surface area contributed by atoms with E-state index in [1.807, 2.05) is 13.8 Å². The van der Waals surface area contributed by atoms with Crippen LogP contribution in [0.5, 0.6) is 0 Å². The van der Waals surface area contributed by atoms with Crippen molar-refractivity contribution in [1.29, 1.82) is 0 Å². The third-order valence-electron chi connectivity index (χ3n) is 3.15. The number of hydrogen-bond acceptors (Lipinski definition) is 2. The van der Waals surface area contributed by atoms with Gasteiger partial charge in [-0.15, -0.1) is 0 Å². The number of hydrogen-bond donors (Lipinski definition) is 1. The number of carbonyl (C=O) groups excluding carboxylic acids is 2. The highest BCUT2D eigenvalue weighted by atomic mass is 16.1. The molecule has 0 aliphatic rings. The summed E-state index contributed by atoms with van der Waals surface area (Å²) in [5.74, 6) is 1.41. The van der Waals surface area contributed by atoms with Gasteiger partial charge in [-0.05, 0) is 24.7 Å². The van der Waals surface area contributed by atoms with Gasteiger partial charge in [-0.25, -0.2) is 0 Å². The zero-order valence-electron chi connectivity index (χ0n) is 13.5. The molecule has 0 aromatic rings. The molecule has 0 aromatic heterocycles. The Morgan fingerprint density at radius 1 is 0.947 bits per heavy atom. The molecule has 112 valence electrons. The predicted molar refractivity (Wildman–Crippen MR) is 79.9 cm³/mol. The zero-order chi connectivity index (χ0) is 15.0. The molecule has 1 amide bonds. The minimum atomic E-state index is 0.0322. The van der Waals surface area contributed by atoms with Crippen LogP contribution in [0.25, 0.3) is 0 Å². The molecule has 0 aliphatic heterocycles. The standard InChI is InChI=1S/C16H31NO2/c1-11(2)9-14(16(19)13(5)6)7-8-15(18)17-10-12(3)4/h11-14H,7-10H2,1-6H3,(H,17,18). The van der Waals surface area contributed by atoms with Crippen molar-refractivity contribution in [3.8, 4) is 0 Å². The van der Waals surface area contributed by atoms with Gasteiger partial charge in [0.1, 0.15) is 5.78 Å². The molecule has 0 rings (SSSR count). The van der Waals surface area contributed by atoms with E-state index in [9.17, 15) is 9.59 Å². The Hall–Kier alpha value is -0.860. The van der Waals surface area contributed by atoms with E-state index in [2.05, 4.69) is 33.0 Å². The second-order valence-corrected chi connectivity index (χ2v) is 6.62. The SMILES string of the molecule is CC(C)CNC(=O)CCC(CC(C)C)C(=O)C(C)C. The second-order valence-electron chi connectivity index (χ2n) is 6.62. The molecule has 0 spiro atoms. The lowest BCUT2D eigenvalue weighted by Gasteiger charge is -2.19. The number of Topliss-reactive ketones (excluding diaryl/α,β-unsaturated/α-hetero) is 1. The Balaban J connectivity index is 4.26. The van der Waals surface area contributed by atoms with Gasteiger partial charge in [0.25, 0.3) is 0 Å². The van der Waals surface area contributed by atoms with Crippen LogP contribution in [0.3, 0.4) is 0 Å². The van der Waals surface area contributed by atoms with E-state index >= 15 is 0 Å². The minimum Gasteiger partial charge on any atom is -0.356 e. The second kappa shape index (κ2) is 9.11. The first-order valence-corrected chi connectivity index (χ1v) is 7.54. The Labute approximate surface area is 118 Å². The molecule has 0 aliphatic carbocycles. The van der Waals surface area contributed by atoms with Gasteiger partial charge in [0, 0.05) is 24.8 Å². The van der Waals surface area contributed by atoms with Crippen molar-refractivity contribution in [2.24, 2.45) is 23.7 Å². The summed E-state index contributed by atoms with van der Waals surface area (Å²) < 4.78 is 0. The fourth-order valence-electron chi connectivity index (χ4n) is 2.13. The molecular formula is C16H31NO2. The van der Waals surface area contributed by atoms with Crippen LogP contribution < -0.4 is 5.32 Å². The molecule has 0 bridgehead atoms. The van der Waals surface area contributed by atoms with Crippen LogP contribution in [0, 0.1) is 23.7 Å². The lowest BCUT2D eigenvalue weighted by atomic mass is 9.85. The monoisotopic (exact) mass is 269 g/mol. The van der Waals surface area contributed by atoms with Crippen LogP contribution in [-0.2, 0) is 9.59 Å². The molecule has 0 fully saturated rings. The van der Waals surface area contributed by atoms with Crippen LogP contribution in [0.4, 0.5) is 0 Å². The molecule has 1 N–H and O–H groups in total. The molecule has 0 saturated heterocycles. The Morgan fingerprint density at radius 2 is 1.53 bits per heavy atom. The quantitative estimate of drug-likeness (QED) is 0.697. The summed E-state index contributed by atoms with van der Waals surface area (Å²) in [6.45, 7) is 13.0. The van der Waals surface area contributed by atoms with Crippen molar-refractivity contribution >= 4 is 11.7 Å². The topological polar surface area (TPSA) is 46.2 Å². The normalized spacial score (nSPS) is 13.1. The van der Waals surface area contributed by atoms with E-state index in [1.165, 1.54) is 0 Å². The van der Waals surface area contributed by atoms with Gasteiger partial charge in [-0.3, -0.25) is 9.59 Å². The maximum Gasteiger partial charge on any atom is 0.220 e. The summed E-state index contributed by atoms with van der Waals surface area (Å²) in [6.07, 6.45) is 2.02. The van der Waals surface area contributed by atoms with Crippen LogP contribution >= 0.6 is 0 Å². The average Bonchev–Trinajstić information content (AvgIpc) is 2.30. The van der Waals surface area contributed by atoms with E-state index in [-0.39, 0.29) is 17.7 Å². The van der Waals surface area contributed by atoms with Crippen molar-refractivity contribution < 1.29 is 9.59 Å². The van der Waals surface area contributed by atoms with Gasteiger partial charge in [-0.1, -0.05) is 41.5 Å². The fraction of sp³-hybridized carbons (Fsp3) is 0.875. The molecule has 0 aromatic carbocycles. The van der Waals surface area contributed by atoms with Gasteiger partial charge in [0.15, 0.2) is 0 Å². The lowest BCUT2D eigenvalue weighted by molar-refractivity contribution is -0.127. The average molecular weight is 269 g/mol. The highest BCUT2D eigenvalue weighted by molar-refractivity contribution is 5.83. The smallest absolute Gasteiger partial charge is 0.220 e. The summed E-state index contributed by atoms with van der Waals surface area (Å²) >= 11 is 0. The molecular weight excluding hydrogens is 238 g/mol. The van der Waals surface area contributed by atoms with E-state index in [4.69, 9.17) is 0 Å². The van der Waals surface area contributed by atoms with E-state index in [0.717, 1.165) is 6.42 Å². The number of rotatable bonds is 9. The number of amides is 1. The van der Waals surface area contributed by atoms with Gasteiger partial charge in [0.05, 0.1) is 0 Å². The summed E-state index contributed by atoms with van der Waals surface area (Å²) in [5, 5.41) is 2.91. The molecule has 0 saturated carbocycles. The van der Waals surface area contributed by atoms with Crippen LogP contribution in [0.15, 0.2) is 0 Å². The first-order valence-electron chi connectivity index (χ1n) is 7.54. The molecule has 1 unspecified atom stereocenters. The van der Waals surface area contributed by atoms with Crippen molar-refractivity contribution in [3.05, 3.63) is 0 Å². The summed E-state index contributed by atoms with van der Waals surface area (Å²) in [7, 11) is 0. The maximum absolute atomic E-state index is 12.1. The fourth-order valence-corrected chi connectivity index (χ4v) is 2.13. The van der Waals surface area contributed by atoms with E-state index in [0.29, 0.717) is 37.0 Å². The molecule has 19 heavy (non-hydrogen) atoms. The van der Waals surface area contributed by atoms with Gasteiger partial charge in [0.2, 0.25) is 5.91 Å². The predicted octanol–water partition coefficient (Wildman–Crippen LogP) is 3.43. The van der Waals surface area contributed by atoms with Gasteiger partial charge < -0.3 is 5.32 Å². The molecule has 3 nitrogen and oxygen atoms in total. The number of nitrogens with one attached hydrogen (secondary N) is 1.